The summed E-state index contributed by atoms with van der Waals surface area (Å²) < 4.78 is 25.3. The highest BCUT2D eigenvalue weighted by Gasteiger charge is 2.61. The van der Waals surface area contributed by atoms with E-state index in [0.29, 0.717) is 6.42 Å². The van der Waals surface area contributed by atoms with E-state index < -0.39 is 19.7 Å². The summed E-state index contributed by atoms with van der Waals surface area (Å²) >= 11 is 0. The fourth-order valence-corrected chi connectivity index (χ4v) is 5.31. The third kappa shape index (κ3) is 3.70. The first-order valence-electron chi connectivity index (χ1n) is 10.1. The molecule has 0 saturated carbocycles. The zero-order chi connectivity index (χ0) is 22.0. The molecule has 29 heavy (non-hydrogen) atoms. The Hall–Kier alpha value is -1.19. The lowest BCUT2D eigenvalue weighted by Gasteiger charge is -2.47. The zero-order valence-corrected chi connectivity index (χ0v) is 20.3. The largest absolute Gasteiger partial charge is 0.458 e. The normalized spacial score (nSPS) is 28.8. The van der Waals surface area contributed by atoms with Crippen LogP contribution in [0, 0.1) is 0 Å². The van der Waals surface area contributed by atoms with E-state index in [-0.39, 0.29) is 28.9 Å². The van der Waals surface area contributed by atoms with E-state index in [9.17, 15) is 4.79 Å². The summed E-state index contributed by atoms with van der Waals surface area (Å²) in [6.45, 7) is 16.9. The number of carbonyl (C=O) groups excluding carboxylic acids is 1. The molecule has 3 atom stereocenters. The van der Waals surface area contributed by atoms with Crippen molar-refractivity contribution >= 4 is 14.2 Å². The minimum Gasteiger partial charge on any atom is -0.458 e. The molecule has 1 aromatic heterocycles. The summed E-state index contributed by atoms with van der Waals surface area (Å²) in [6, 6.07) is 0. The second-order valence-corrected chi connectivity index (χ2v) is 15.0. The summed E-state index contributed by atoms with van der Waals surface area (Å²) in [5.41, 5.74) is 0.982. The third-order valence-corrected chi connectivity index (χ3v) is 11.1. The van der Waals surface area contributed by atoms with Crippen molar-refractivity contribution in [1.82, 2.24) is 5.06 Å². The Morgan fingerprint density at radius 3 is 2.45 bits per heavy atom. The van der Waals surface area contributed by atoms with E-state index in [1.807, 2.05) is 20.8 Å². The Morgan fingerprint density at radius 2 is 1.90 bits per heavy atom. The molecule has 1 amide bonds. The maximum absolute atomic E-state index is 12.8. The molecule has 0 spiro atoms. The van der Waals surface area contributed by atoms with Gasteiger partial charge in [-0.2, -0.15) is 0 Å². The molecule has 0 N–H and O–H groups in total. The predicted octanol–water partition coefficient (Wildman–Crippen LogP) is 4.44. The van der Waals surface area contributed by atoms with Gasteiger partial charge in [0.2, 0.25) is 0 Å². The Balaban J connectivity index is 2.07. The van der Waals surface area contributed by atoms with Gasteiger partial charge < -0.3 is 18.3 Å². The summed E-state index contributed by atoms with van der Waals surface area (Å²) in [6.07, 6.45) is 1.49. The van der Waals surface area contributed by atoms with Gasteiger partial charge in [-0.05, 0) is 38.9 Å². The average molecular weight is 426 g/mol. The molecule has 164 valence electrons. The fourth-order valence-electron chi connectivity index (χ4n) is 3.93. The second-order valence-electron chi connectivity index (χ2n) is 10.2. The van der Waals surface area contributed by atoms with Crippen LogP contribution in [0.5, 0.6) is 0 Å². The van der Waals surface area contributed by atoms with Gasteiger partial charge in [0.1, 0.15) is 11.7 Å². The van der Waals surface area contributed by atoms with Crippen LogP contribution >= 0.6 is 0 Å². The predicted molar refractivity (Wildman–Crippen MR) is 111 cm³/mol. The molecule has 1 fully saturated rings. The standard InChI is InChI=1S/C21H35NO6Si/c1-19(2,3)29(9,10)27-15-11-13-14(12-25-16(13)18(23)22(7)24-8)17-21(15,6)28-20(4,5)26-17/h12,15,17H,11H2,1-10H3/t15-,17+,21-/m1/s1. The van der Waals surface area contributed by atoms with Gasteiger partial charge in [-0.25, -0.2) is 5.06 Å². The molecule has 1 saturated heterocycles. The molecular formula is C21H35NO6Si. The van der Waals surface area contributed by atoms with Crippen LogP contribution in [0.4, 0.5) is 0 Å². The number of ether oxygens (including phenoxy) is 2. The van der Waals surface area contributed by atoms with Crippen molar-refractivity contribution in [3.63, 3.8) is 0 Å². The highest BCUT2D eigenvalue weighted by atomic mass is 28.4. The van der Waals surface area contributed by atoms with Crippen LogP contribution < -0.4 is 0 Å². The molecule has 7 nitrogen and oxygen atoms in total. The van der Waals surface area contributed by atoms with Gasteiger partial charge in [0.05, 0.1) is 19.5 Å². The molecule has 2 aliphatic rings. The SMILES string of the molecule is CON(C)C(=O)c1occ2c1C[C@@H](O[Si](C)(C)C(C)(C)C)[C@@]1(C)OC(C)(C)O[C@@H]21. The Morgan fingerprint density at radius 1 is 1.28 bits per heavy atom. The van der Waals surface area contributed by atoms with E-state index in [1.54, 1.807) is 13.3 Å². The molecule has 1 aliphatic heterocycles. The van der Waals surface area contributed by atoms with Gasteiger partial charge >= 0.3 is 5.91 Å². The van der Waals surface area contributed by atoms with E-state index in [4.69, 9.17) is 23.2 Å². The van der Waals surface area contributed by atoms with Crippen LogP contribution in [0.3, 0.4) is 0 Å². The minimum atomic E-state index is -2.11. The van der Waals surface area contributed by atoms with Crippen LogP contribution in [0.15, 0.2) is 10.7 Å². The third-order valence-electron chi connectivity index (χ3n) is 6.62. The van der Waals surface area contributed by atoms with Crippen LogP contribution in [0.25, 0.3) is 0 Å². The monoisotopic (exact) mass is 425 g/mol. The second kappa shape index (κ2) is 6.92. The van der Waals surface area contributed by atoms with Gasteiger partial charge in [-0.1, -0.05) is 20.8 Å². The van der Waals surface area contributed by atoms with E-state index in [2.05, 4.69) is 33.9 Å². The Labute approximate surface area is 174 Å². The molecule has 0 radical (unpaired) electrons. The lowest BCUT2D eigenvalue weighted by molar-refractivity contribution is -0.176. The lowest BCUT2D eigenvalue weighted by atomic mass is 9.78. The molecule has 3 rings (SSSR count). The first-order valence-corrected chi connectivity index (χ1v) is 13.0. The van der Waals surface area contributed by atoms with Crippen molar-refractivity contribution < 1.29 is 27.9 Å². The number of fused-ring (bicyclic) bond motifs is 3. The van der Waals surface area contributed by atoms with Crippen molar-refractivity contribution in [1.29, 1.82) is 0 Å². The van der Waals surface area contributed by atoms with Gasteiger partial charge in [0, 0.05) is 24.6 Å². The highest BCUT2D eigenvalue weighted by molar-refractivity contribution is 6.74. The topological polar surface area (TPSA) is 70.4 Å². The maximum Gasteiger partial charge on any atom is 0.313 e. The maximum atomic E-state index is 12.8. The van der Waals surface area contributed by atoms with E-state index in [0.717, 1.165) is 16.2 Å². The van der Waals surface area contributed by atoms with Crippen LogP contribution in [0.1, 0.15) is 69.3 Å². The summed E-state index contributed by atoms with van der Waals surface area (Å²) in [5, 5.41) is 1.20. The molecule has 8 heteroatoms. The van der Waals surface area contributed by atoms with Gasteiger partial charge in [-0.15, -0.1) is 0 Å². The zero-order valence-electron chi connectivity index (χ0n) is 19.3. The van der Waals surface area contributed by atoms with Crippen LogP contribution in [-0.4, -0.2) is 50.9 Å². The number of hydroxylamine groups is 2. The number of hydrogen-bond acceptors (Lipinski definition) is 6. The van der Waals surface area contributed by atoms with Crippen molar-refractivity contribution in [3.05, 3.63) is 23.2 Å². The number of rotatable bonds is 4. The molecule has 1 aromatic rings. The molecule has 0 bridgehead atoms. The van der Waals surface area contributed by atoms with Crippen molar-refractivity contribution in [2.24, 2.45) is 0 Å². The number of hydrogen-bond donors (Lipinski definition) is 0. The summed E-state index contributed by atoms with van der Waals surface area (Å²) in [7, 11) is 0.904. The first-order chi connectivity index (χ1) is 13.1. The molecule has 0 aromatic carbocycles. The van der Waals surface area contributed by atoms with Crippen molar-refractivity contribution in [2.45, 2.75) is 89.7 Å². The summed E-state index contributed by atoms with van der Waals surface area (Å²) in [4.78, 5) is 17.8. The van der Waals surface area contributed by atoms with Gasteiger partial charge in [-0.3, -0.25) is 9.63 Å². The minimum absolute atomic E-state index is 0.0411. The van der Waals surface area contributed by atoms with E-state index in [1.165, 1.54) is 7.11 Å². The Kier molecular flexibility index (Phi) is 5.36. The fraction of sp³-hybridized carbons (Fsp3) is 0.762. The van der Waals surface area contributed by atoms with Crippen LogP contribution in [-0.2, 0) is 25.2 Å². The molecular weight excluding hydrogens is 390 g/mol. The summed E-state index contributed by atoms with van der Waals surface area (Å²) in [5.74, 6) is -0.828. The molecule has 1 aliphatic carbocycles. The number of nitrogens with zero attached hydrogens (tertiary/aromatic N) is 1. The van der Waals surface area contributed by atoms with Crippen LogP contribution in [0.2, 0.25) is 18.1 Å². The van der Waals surface area contributed by atoms with Gasteiger partial charge in [0.25, 0.3) is 0 Å². The smallest absolute Gasteiger partial charge is 0.313 e. The molecule has 2 heterocycles. The number of carbonyl (C=O) groups is 1. The quantitative estimate of drug-likeness (QED) is 0.525. The number of amides is 1. The lowest BCUT2D eigenvalue weighted by Crippen LogP contribution is -2.56. The van der Waals surface area contributed by atoms with Crippen molar-refractivity contribution in [3.8, 4) is 0 Å². The molecule has 0 unspecified atom stereocenters. The van der Waals surface area contributed by atoms with Gasteiger partial charge in [0.15, 0.2) is 19.9 Å². The van der Waals surface area contributed by atoms with Crippen molar-refractivity contribution in [2.75, 3.05) is 14.2 Å². The highest BCUT2D eigenvalue weighted by Crippen LogP contribution is 2.54. The first kappa shape index (κ1) is 22.5. The average Bonchev–Trinajstić information content (AvgIpc) is 3.09. The Bertz CT molecular complexity index is 796. The number of furan rings is 1. The van der Waals surface area contributed by atoms with E-state index >= 15 is 0 Å².